The second kappa shape index (κ2) is 8.90. The molecule has 0 unspecified atom stereocenters. The van der Waals surface area contributed by atoms with Crippen LogP contribution in [-0.4, -0.2) is 30.4 Å². The summed E-state index contributed by atoms with van der Waals surface area (Å²) in [5.41, 5.74) is 2.64. The highest BCUT2D eigenvalue weighted by molar-refractivity contribution is 7.98. The third kappa shape index (κ3) is 5.11. The van der Waals surface area contributed by atoms with Crippen LogP contribution in [0.1, 0.15) is 24.0 Å². The van der Waals surface area contributed by atoms with Gasteiger partial charge in [-0.05, 0) is 29.7 Å². The lowest BCUT2D eigenvalue weighted by molar-refractivity contribution is -0.127. The van der Waals surface area contributed by atoms with Crippen LogP contribution in [0.4, 0.5) is 0 Å². The maximum atomic E-state index is 11.5. The van der Waals surface area contributed by atoms with E-state index in [2.05, 4.69) is 59.9 Å². The zero-order valence-corrected chi connectivity index (χ0v) is 14.7. The molecule has 3 nitrogen and oxygen atoms in total. The molecule has 1 heterocycles. The summed E-state index contributed by atoms with van der Waals surface area (Å²) in [5, 5.41) is 3.43. The van der Waals surface area contributed by atoms with Crippen LogP contribution in [0.25, 0.3) is 0 Å². The SMILES string of the molecule is O=C1CCCN1CCNCc1ccc(SCc2ccccc2)cc1. The molecule has 0 radical (unpaired) electrons. The summed E-state index contributed by atoms with van der Waals surface area (Å²) in [6.07, 6.45) is 1.74. The van der Waals surface area contributed by atoms with Crippen molar-refractivity contribution in [2.75, 3.05) is 19.6 Å². The van der Waals surface area contributed by atoms with Crippen LogP contribution in [0, 0.1) is 0 Å². The lowest BCUT2D eigenvalue weighted by Gasteiger charge is -2.15. The van der Waals surface area contributed by atoms with Gasteiger partial charge in [-0.15, -0.1) is 11.8 Å². The van der Waals surface area contributed by atoms with Gasteiger partial charge in [0, 0.05) is 43.2 Å². The number of nitrogens with one attached hydrogen (secondary N) is 1. The Hall–Kier alpha value is -1.78. The second-order valence-corrected chi connectivity index (χ2v) is 7.13. The van der Waals surface area contributed by atoms with E-state index in [4.69, 9.17) is 0 Å². The number of hydrogen-bond acceptors (Lipinski definition) is 3. The molecule has 24 heavy (non-hydrogen) atoms. The lowest BCUT2D eigenvalue weighted by atomic mass is 10.2. The Morgan fingerprint density at radius 1 is 1.00 bits per heavy atom. The molecular formula is C20H24N2OS. The highest BCUT2D eigenvalue weighted by Crippen LogP contribution is 2.22. The van der Waals surface area contributed by atoms with Gasteiger partial charge in [0.25, 0.3) is 0 Å². The number of likely N-dealkylation sites (tertiary alicyclic amines) is 1. The first-order chi connectivity index (χ1) is 11.8. The minimum atomic E-state index is 0.302. The van der Waals surface area contributed by atoms with Crippen LogP contribution in [0.2, 0.25) is 0 Å². The molecule has 1 aliphatic rings. The molecule has 1 saturated heterocycles. The van der Waals surface area contributed by atoms with Gasteiger partial charge >= 0.3 is 0 Å². The number of benzene rings is 2. The van der Waals surface area contributed by atoms with Crippen molar-refractivity contribution in [3.8, 4) is 0 Å². The molecule has 1 amide bonds. The van der Waals surface area contributed by atoms with Crippen molar-refractivity contribution < 1.29 is 4.79 Å². The summed E-state index contributed by atoms with van der Waals surface area (Å²) < 4.78 is 0. The average molecular weight is 340 g/mol. The first-order valence-corrected chi connectivity index (χ1v) is 9.54. The molecular weight excluding hydrogens is 316 g/mol. The minimum Gasteiger partial charge on any atom is -0.341 e. The minimum absolute atomic E-state index is 0.302. The normalized spacial score (nSPS) is 14.3. The van der Waals surface area contributed by atoms with Crippen molar-refractivity contribution in [2.45, 2.75) is 30.0 Å². The Kier molecular flexibility index (Phi) is 6.33. The number of rotatable bonds is 8. The number of hydrogen-bond donors (Lipinski definition) is 1. The Balaban J connectivity index is 1.37. The Bertz CT molecular complexity index is 642. The highest BCUT2D eigenvalue weighted by Gasteiger charge is 2.18. The van der Waals surface area contributed by atoms with E-state index in [-0.39, 0.29) is 0 Å². The predicted molar refractivity (Wildman–Crippen MR) is 100.0 cm³/mol. The van der Waals surface area contributed by atoms with Gasteiger partial charge in [0.05, 0.1) is 0 Å². The van der Waals surface area contributed by atoms with E-state index in [0.29, 0.717) is 5.91 Å². The quantitative estimate of drug-likeness (QED) is 0.587. The molecule has 0 saturated carbocycles. The fourth-order valence-electron chi connectivity index (χ4n) is 2.83. The van der Waals surface area contributed by atoms with Crippen LogP contribution >= 0.6 is 11.8 Å². The fraction of sp³-hybridized carbons (Fsp3) is 0.350. The van der Waals surface area contributed by atoms with Crippen molar-refractivity contribution in [3.05, 3.63) is 65.7 Å². The molecule has 0 atom stereocenters. The monoisotopic (exact) mass is 340 g/mol. The van der Waals surface area contributed by atoms with Crippen LogP contribution in [0.5, 0.6) is 0 Å². The predicted octanol–water partition coefficient (Wildman–Crippen LogP) is 3.69. The molecule has 0 aromatic heterocycles. The molecule has 126 valence electrons. The second-order valence-electron chi connectivity index (χ2n) is 6.08. The van der Waals surface area contributed by atoms with Gasteiger partial charge in [-0.1, -0.05) is 42.5 Å². The Morgan fingerprint density at radius 2 is 1.79 bits per heavy atom. The van der Waals surface area contributed by atoms with Gasteiger partial charge in [0.15, 0.2) is 0 Å². The van der Waals surface area contributed by atoms with Gasteiger partial charge in [-0.3, -0.25) is 4.79 Å². The van der Waals surface area contributed by atoms with E-state index >= 15 is 0 Å². The van der Waals surface area contributed by atoms with Gasteiger partial charge in [-0.25, -0.2) is 0 Å². The van der Waals surface area contributed by atoms with Crippen molar-refractivity contribution in [3.63, 3.8) is 0 Å². The summed E-state index contributed by atoms with van der Waals surface area (Å²) in [6, 6.07) is 19.3. The largest absolute Gasteiger partial charge is 0.341 e. The van der Waals surface area contributed by atoms with Gasteiger partial charge in [0.1, 0.15) is 0 Å². The summed E-state index contributed by atoms with van der Waals surface area (Å²) in [5.74, 6) is 1.30. The average Bonchev–Trinajstić information content (AvgIpc) is 3.04. The smallest absolute Gasteiger partial charge is 0.222 e. The summed E-state index contributed by atoms with van der Waals surface area (Å²) in [7, 11) is 0. The third-order valence-electron chi connectivity index (χ3n) is 4.23. The fourth-order valence-corrected chi connectivity index (χ4v) is 3.69. The molecule has 2 aromatic carbocycles. The van der Waals surface area contributed by atoms with Crippen molar-refractivity contribution >= 4 is 17.7 Å². The standard InChI is InChI=1S/C20H24N2OS/c23-20-7-4-13-22(20)14-12-21-15-17-8-10-19(11-9-17)24-16-18-5-2-1-3-6-18/h1-3,5-6,8-11,21H,4,7,12-16H2. The van der Waals surface area contributed by atoms with Crippen LogP contribution in [-0.2, 0) is 17.1 Å². The summed E-state index contributed by atoms with van der Waals surface area (Å²) in [6.45, 7) is 3.46. The molecule has 0 spiro atoms. The number of thioether (sulfide) groups is 1. The summed E-state index contributed by atoms with van der Waals surface area (Å²) in [4.78, 5) is 14.8. The van der Waals surface area contributed by atoms with Gasteiger partial charge in [-0.2, -0.15) is 0 Å². The van der Waals surface area contributed by atoms with Crippen molar-refractivity contribution in [1.82, 2.24) is 10.2 Å². The maximum absolute atomic E-state index is 11.5. The molecule has 0 bridgehead atoms. The molecule has 0 aliphatic carbocycles. The number of carbonyl (C=O) groups is 1. The van der Waals surface area contributed by atoms with Crippen molar-refractivity contribution in [1.29, 1.82) is 0 Å². The molecule has 1 fully saturated rings. The molecule has 3 rings (SSSR count). The van der Waals surface area contributed by atoms with E-state index in [1.54, 1.807) is 0 Å². The molecule has 1 aliphatic heterocycles. The number of amides is 1. The van der Waals surface area contributed by atoms with Crippen LogP contribution in [0.3, 0.4) is 0 Å². The Morgan fingerprint density at radius 3 is 2.50 bits per heavy atom. The lowest BCUT2D eigenvalue weighted by Crippen LogP contribution is -2.32. The zero-order valence-electron chi connectivity index (χ0n) is 13.9. The van der Waals surface area contributed by atoms with E-state index in [0.717, 1.165) is 44.8 Å². The Labute approximate surface area is 148 Å². The van der Waals surface area contributed by atoms with E-state index in [1.807, 2.05) is 16.7 Å². The first-order valence-electron chi connectivity index (χ1n) is 8.55. The molecule has 4 heteroatoms. The molecule has 2 aromatic rings. The van der Waals surface area contributed by atoms with E-state index in [1.165, 1.54) is 16.0 Å². The van der Waals surface area contributed by atoms with Crippen LogP contribution in [0.15, 0.2) is 59.5 Å². The van der Waals surface area contributed by atoms with E-state index in [9.17, 15) is 4.79 Å². The van der Waals surface area contributed by atoms with Gasteiger partial charge in [0.2, 0.25) is 5.91 Å². The first kappa shape index (κ1) is 17.1. The summed E-state index contributed by atoms with van der Waals surface area (Å²) >= 11 is 1.86. The third-order valence-corrected chi connectivity index (χ3v) is 5.31. The van der Waals surface area contributed by atoms with Crippen molar-refractivity contribution in [2.24, 2.45) is 0 Å². The van der Waals surface area contributed by atoms with E-state index < -0.39 is 0 Å². The number of nitrogens with zero attached hydrogens (tertiary/aromatic N) is 1. The molecule has 1 N–H and O–H groups in total. The maximum Gasteiger partial charge on any atom is 0.222 e. The number of carbonyl (C=O) groups excluding carboxylic acids is 1. The van der Waals surface area contributed by atoms with Gasteiger partial charge < -0.3 is 10.2 Å². The van der Waals surface area contributed by atoms with Crippen LogP contribution < -0.4 is 5.32 Å². The highest BCUT2D eigenvalue weighted by atomic mass is 32.2. The zero-order chi connectivity index (χ0) is 16.6. The topological polar surface area (TPSA) is 32.3 Å².